The molecule has 3 rings (SSSR count). The van der Waals surface area contributed by atoms with Crippen molar-refractivity contribution in [1.29, 1.82) is 0 Å². The van der Waals surface area contributed by atoms with Gasteiger partial charge in [-0.25, -0.2) is 4.79 Å². The molecule has 2 aliphatic rings. The van der Waals surface area contributed by atoms with Gasteiger partial charge >= 0.3 is 6.03 Å². The number of benzene rings is 1. The number of rotatable bonds is 7. The van der Waals surface area contributed by atoms with Crippen molar-refractivity contribution in [2.24, 2.45) is 4.99 Å². The van der Waals surface area contributed by atoms with Crippen LogP contribution in [0.4, 0.5) is 4.79 Å². The van der Waals surface area contributed by atoms with E-state index in [4.69, 9.17) is 4.99 Å². The molecule has 3 N–H and O–H groups in total. The van der Waals surface area contributed by atoms with Crippen LogP contribution >= 0.6 is 0 Å². The molecule has 1 aliphatic carbocycles. The first-order valence-corrected chi connectivity index (χ1v) is 9.30. The van der Waals surface area contributed by atoms with Crippen LogP contribution in [-0.4, -0.2) is 55.5 Å². The van der Waals surface area contributed by atoms with Gasteiger partial charge in [0.1, 0.15) is 0 Å². The highest BCUT2D eigenvalue weighted by Crippen LogP contribution is 2.43. The largest absolute Gasteiger partial charge is 0.357 e. The fourth-order valence-electron chi connectivity index (χ4n) is 3.47. The van der Waals surface area contributed by atoms with E-state index in [-0.39, 0.29) is 23.9 Å². The zero-order valence-electron chi connectivity index (χ0n) is 15.3. The summed E-state index contributed by atoms with van der Waals surface area (Å²) in [6.07, 6.45) is 3.55. The number of imide groups is 1. The van der Waals surface area contributed by atoms with E-state index in [0.717, 1.165) is 31.9 Å². The summed E-state index contributed by atoms with van der Waals surface area (Å²) in [6, 6.07) is 10.3. The van der Waals surface area contributed by atoms with Gasteiger partial charge in [0.05, 0.1) is 13.1 Å². The summed E-state index contributed by atoms with van der Waals surface area (Å²) in [7, 11) is 0. The predicted molar refractivity (Wildman–Crippen MR) is 101 cm³/mol. The van der Waals surface area contributed by atoms with Gasteiger partial charge in [0.15, 0.2) is 5.96 Å². The van der Waals surface area contributed by atoms with E-state index >= 15 is 0 Å². The molecule has 0 radical (unpaired) electrons. The second kappa shape index (κ2) is 8.21. The zero-order valence-corrected chi connectivity index (χ0v) is 15.3. The summed E-state index contributed by atoms with van der Waals surface area (Å²) in [6.45, 7) is 4.41. The summed E-state index contributed by atoms with van der Waals surface area (Å²) < 4.78 is 0. The molecule has 0 unspecified atom stereocenters. The molecule has 7 heteroatoms. The zero-order chi connectivity index (χ0) is 18.4. The molecule has 26 heavy (non-hydrogen) atoms. The number of nitrogens with zero attached hydrogens (tertiary/aromatic N) is 2. The minimum atomic E-state index is -0.323. The van der Waals surface area contributed by atoms with Crippen molar-refractivity contribution in [3.63, 3.8) is 0 Å². The van der Waals surface area contributed by atoms with Gasteiger partial charge in [0.2, 0.25) is 5.91 Å². The number of aliphatic imine (C=N–C) groups is 1. The quantitative estimate of drug-likeness (QED) is 0.389. The van der Waals surface area contributed by atoms with Gasteiger partial charge in [-0.1, -0.05) is 36.8 Å². The van der Waals surface area contributed by atoms with Crippen LogP contribution in [0.1, 0.15) is 31.7 Å². The van der Waals surface area contributed by atoms with Crippen molar-refractivity contribution >= 4 is 17.9 Å². The topological polar surface area (TPSA) is 85.8 Å². The first-order valence-electron chi connectivity index (χ1n) is 9.30. The lowest BCUT2D eigenvalue weighted by Gasteiger charge is -2.41. The van der Waals surface area contributed by atoms with Crippen molar-refractivity contribution in [3.05, 3.63) is 35.9 Å². The first kappa shape index (κ1) is 18.2. The van der Waals surface area contributed by atoms with Gasteiger partial charge in [-0.15, -0.1) is 0 Å². The van der Waals surface area contributed by atoms with E-state index in [2.05, 4.69) is 40.2 Å². The van der Waals surface area contributed by atoms with Crippen LogP contribution in [-0.2, 0) is 10.2 Å². The molecule has 1 aromatic carbocycles. The smallest absolute Gasteiger partial charge is 0.324 e. The van der Waals surface area contributed by atoms with Crippen LogP contribution in [0.2, 0.25) is 0 Å². The number of hydrogen-bond acceptors (Lipinski definition) is 3. The molecule has 140 valence electrons. The second-order valence-corrected chi connectivity index (χ2v) is 6.83. The molecule has 1 saturated heterocycles. The van der Waals surface area contributed by atoms with Gasteiger partial charge in [0, 0.05) is 25.0 Å². The summed E-state index contributed by atoms with van der Waals surface area (Å²) >= 11 is 0. The Labute approximate surface area is 154 Å². The number of guanidine groups is 1. The van der Waals surface area contributed by atoms with Crippen LogP contribution < -0.4 is 16.0 Å². The Morgan fingerprint density at radius 3 is 2.58 bits per heavy atom. The molecule has 1 aromatic rings. The molecular weight excluding hydrogens is 330 g/mol. The Kier molecular flexibility index (Phi) is 5.75. The van der Waals surface area contributed by atoms with Gasteiger partial charge in [-0.05, 0) is 25.3 Å². The van der Waals surface area contributed by atoms with Gasteiger partial charge < -0.3 is 16.0 Å². The Balaban J connectivity index is 1.58. The monoisotopic (exact) mass is 357 g/mol. The summed E-state index contributed by atoms with van der Waals surface area (Å²) in [5.74, 6) is 0.540. The van der Waals surface area contributed by atoms with E-state index < -0.39 is 0 Å². The first-order chi connectivity index (χ1) is 12.6. The second-order valence-electron chi connectivity index (χ2n) is 6.83. The van der Waals surface area contributed by atoms with E-state index in [9.17, 15) is 9.59 Å². The number of amides is 3. The van der Waals surface area contributed by atoms with E-state index in [1.807, 2.05) is 13.0 Å². The highest BCUT2D eigenvalue weighted by atomic mass is 16.2. The SMILES string of the molecule is CCNC(=NCC1(c2ccccc2)CCC1)NCCN1C(=O)CNC1=O. The van der Waals surface area contributed by atoms with Gasteiger partial charge in [-0.2, -0.15) is 0 Å². The number of urea groups is 1. The van der Waals surface area contributed by atoms with Crippen molar-refractivity contribution < 1.29 is 9.59 Å². The van der Waals surface area contributed by atoms with Crippen molar-refractivity contribution in [1.82, 2.24) is 20.9 Å². The standard InChI is InChI=1S/C19H27N5O2/c1-2-20-17(21-11-12-24-16(25)13-22-18(24)26)23-14-19(9-6-10-19)15-7-4-3-5-8-15/h3-5,7-8H,2,6,9-14H2,1H3,(H,22,26)(H2,20,21,23). The Bertz CT molecular complexity index is 654. The van der Waals surface area contributed by atoms with Crippen LogP contribution in [0.5, 0.6) is 0 Å². The third kappa shape index (κ3) is 3.98. The lowest BCUT2D eigenvalue weighted by atomic mass is 9.64. The highest BCUT2D eigenvalue weighted by molar-refractivity contribution is 6.01. The molecule has 3 amide bonds. The molecule has 7 nitrogen and oxygen atoms in total. The van der Waals surface area contributed by atoms with Gasteiger partial charge in [0.25, 0.3) is 0 Å². The fourth-order valence-corrected chi connectivity index (χ4v) is 3.47. The average Bonchev–Trinajstić information content (AvgIpc) is 2.93. The maximum Gasteiger partial charge on any atom is 0.324 e. The van der Waals surface area contributed by atoms with Crippen LogP contribution in [0.25, 0.3) is 0 Å². The molecule has 1 heterocycles. The van der Waals surface area contributed by atoms with E-state index in [1.165, 1.54) is 16.9 Å². The van der Waals surface area contributed by atoms with E-state index in [1.54, 1.807) is 0 Å². The third-order valence-corrected chi connectivity index (χ3v) is 5.15. The molecule has 0 aromatic heterocycles. The molecule has 0 bridgehead atoms. The molecule has 0 spiro atoms. The molecule has 2 fully saturated rings. The summed E-state index contributed by atoms with van der Waals surface area (Å²) in [5.41, 5.74) is 1.49. The normalized spacial score (nSPS) is 19.1. The highest BCUT2D eigenvalue weighted by Gasteiger charge is 2.38. The number of carbonyl (C=O) groups excluding carboxylic acids is 2. The van der Waals surface area contributed by atoms with Crippen LogP contribution in [0, 0.1) is 0 Å². The van der Waals surface area contributed by atoms with Crippen molar-refractivity contribution in [2.45, 2.75) is 31.6 Å². The minimum Gasteiger partial charge on any atom is -0.357 e. The van der Waals surface area contributed by atoms with Crippen molar-refractivity contribution in [3.8, 4) is 0 Å². The Hall–Kier alpha value is -2.57. The van der Waals surface area contributed by atoms with Crippen molar-refractivity contribution in [2.75, 3.05) is 32.7 Å². The maximum absolute atomic E-state index is 11.6. The lowest BCUT2D eigenvalue weighted by molar-refractivity contribution is -0.124. The van der Waals surface area contributed by atoms with Crippen LogP contribution in [0.3, 0.4) is 0 Å². The third-order valence-electron chi connectivity index (χ3n) is 5.15. The summed E-state index contributed by atoms with van der Waals surface area (Å²) in [5, 5.41) is 8.99. The van der Waals surface area contributed by atoms with Crippen LogP contribution in [0.15, 0.2) is 35.3 Å². The van der Waals surface area contributed by atoms with E-state index in [0.29, 0.717) is 13.1 Å². The Morgan fingerprint density at radius 2 is 2.00 bits per heavy atom. The minimum absolute atomic E-state index is 0.0899. The number of nitrogens with one attached hydrogen (secondary N) is 3. The molecular formula is C19H27N5O2. The molecule has 1 aliphatic heterocycles. The molecule has 1 saturated carbocycles. The Morgan fingerprint density at radius 1 is 1.23 bits per heavy atom. The maximum atomic E-state index is 11.6. The summed E-state index contributed by atoms with van der Waals surface area (Å²) in [4.78, 5) is 29.2. The average molecular weight is 357 g/mol. The fraction of sp³-hybridized carbons (Fsp3) is 0.526. The number of hydrogen-bond donors (Lipinski definition) is 3. The molecule has 0 atom stereocenters. The lowest BCUT2D eigenvalue weighted by Crippen LogP contribution is -2.44. The van der Waals surface area contributed by atoms with Gasteiger partial charge in [-0.3, -0.25) is 14.7 Å². The predicted octanol–water partition coefficient (Wildman–Crippen LogP) is 1.22. The number of carbonyl (C=O) groups is 2.